The summed E-state index contributed by atoms with van der Waals surface area (Å²) in [5.74, 6) is 0.826. The van der Waals surface area contributed by atoms with E-state index in [-0.39, 0.29) is 11.0 Å². The number of rotatable bonds is 7. The lowest BCUT2D eigenvalue weighted by atomic mass is 9.68. The van der Waals surface area contributed by atoms with Crippen LogP contribution in [0.2, 0.25) is 0 Å². The van der Waals surface area contributed by atoms with Gasteiger partial charge < -0.3 is 10.1 Å². The Kier molecular flexibility index (Phi) is 5.45. The molecule has 1 aromatic heterocycles. The zero-order chi connectivity index (χ0) is 19.6. The molecule has 1 atom stereocenters. The highest BCUT2D eigenvalue weighted by molar-refractivity contribution is 5.29. The highest BCUT2D eigenvalue weighted by Crippen LogP contribution is 2.49. The molecule has 29 heavy (non-hydrogen) atoms. The largest absolute Gasteiger partial charge is 0.375 e. The summed E-state index contributed by atoms with van der Waals surface area (Å²) in [6.45, 7) is 2.86. The van der Waals surface area contributed by atoms with Gasteiger partial charge in [-0.3, -0.25) is 4.98 Å². The first-order valence-electron chi connectivity index (χ1n) is 11.6. The molecule has 1 saturated heterocycles. The predicted octanol–water partition coefficient (Wildman–Crippen LogP) is 5.50. The van der Waals surface area contributed by atoms with Gasteiger partial charge in [-0.2, -0.15) is 0 Å². The third-order valence-corrected chi connectivity index (χ3v) is 7.48. The molecule has 1 spiro atoms. The fraction of sp³-hybridized carbons (Fsp3) is 0.577. The minimum absolute atomic E-state index is 0.106. The van der Waals surface area contributed by atoms with E-state index in [9.17, 15) is 0 Å². The molecule has 1 aliphatic heterocycles. The normalized spacial score (nSPS) is 26.1. The maximum Gasteiger partial charge on any atom is 0.0691 e. The van der Waals surface area contributed by atoms with E-state index in [2.05, 4.69) is 41.7 Å². The summed E-state index contributed by atoms with van der Waals surface area (Å²) in [4.78, 5) is 4.82. The van der Waals surface area contributed by atoms with Crippen molar-refractivity contribution >= 4 is 0 Å². The van der Waals surface area contributed by atoms with E-state index in [1.54, 1.807) is 0 Å². The Morgan fingerprint density at radius 1 is 1.03 bits per heavy atom. The fourth-order valence-corrected chi connectivity index (χ4v) is 5.73. The molecule has 3 aliphatic rings. The highest BCUT2D eigenvalue weighted by atomic mass is 16.5. The molecule has 3 fully saturated rings. The van der Waals surface area contributed by atoms with Crippen LogP contribution in [0.25, 0.3) is 0 Å². The van der Waals surface area contributed by atoms with Gasteiger partial charge in [0.1, 0.15) is 0 Å². The van der Waals surface area contributed by atoms with Crippen LogP contribution in [-0.2, 0) is 16.7 Å². The Balaban J connectivity index is 1.26. The Morgan fingerprint density at radius 2 is 1.93 bits per heavy atom. The number of benzene rings is 1. The second kappa shape index (κ2) is 8.20. The summed E-state index contributed by atoms with van der Waals surface area (Å²) >= 11 is 0. The monoisotopic (exact) mass is 390 g/mol. The van der Waals surface area contributed by atoms with Gasteiger partial charge in [-0.05, 0) is 80.7 Å². The van der Waals surface area contributed by atoms with Gasteiger partial charge in [0.25, 0.3) is 0 Å². The summed E-state index contributed by atoms with van der Waals surface area (Å²) < 4.78 is 6.37. The Hall–Kier alpha value is -1.71. The summed E-state index contributed by atoms with van der Waals surface area (Å²) in [7, 11) is 0. The maximum absolute atomic E-state index is 6.37. The van der Waals surface area contributed by atoms with Crippen LogP contribution in [0.4, 0.5) is 0 Å². The van der Waals surface area contributed by atoms with E-state index >= 15 is 0 Å². The van der Waals surface area contributed by atoms with Crippen molar-refractivity contribution in [3.05, 3.63) is 65.5 Å². The van der Waals surface area contributed by atoms with Gasteiger partial charge in [0.05, 0.1) is 5.60 Å². The smallest absolute Gasteiger partial charge is 0.0691 e. The molecule has 2 saturated carbocycles. The number of pyridine rings is 1. The van der Waals surface area contributed by atoms with Crippen molar-refractivity contribution in [3.8, 4) is 0 Å². The number of nitrogens with zero attached hydrogens (tertiary/aromatic N) is 1. The van der Waals surface area contributed by atoms with Crippen molar-refractivity contribution in [1.82, 2.24) is 10.3 Å². The number of hydrogen-bond acceptors (Lipinski definition) is 3. The van der Waals surface area contributed by atoms with Crippen LogP contribution in [0, 0.1) is 0 Å². The van der Waals surface area contributed by atoms with Gasteiger partial charge in [-0.25, -0.2) is 0 Å². The topological polar surface area (TPSA) is 34.1 Å². The van der Waals surface area contributed by atoms with Crippen LogP contribution >= 0.6 is 0 Å². The molecule has 5 rings (SSSR count). The van der Waals surface area contributed by atoms with Crippen LogP contribution in [0.5, 0.6) is 0 Å². The number of ether oxygens (including phenoxy) is 1. The van der Waals surface area contributed by atoms with Gasteiger partial charge in [-0.15, -0.1) is 0 Å². The highest BCUT2D eigenvalue weighted by Gasteiger charge is 2.48. The Morgan fingerprint density at radius 3 is 2.72 bits per heavy atom. The van der Waals surface area contributed by atoms with Gasteiger partial charge in [0, 0.05) is 30.5 Å². The molecule has 3 nitrogen and oxygen atoms in total. The van der Waals surface area contributed by atoms with E-state index < -0.39 is 0 Å². The predicted molar refractivity (Wildman–Crippen MR) is 117 cm³/mol. The van der Waals surface area contributed by atoms with Gasteiger partial charge in [-0.1, -0.05) is 43.2 Å². The van der Waals surface area contributed by atoms with Crippen LogP contribution in [-0.4, -0.2) is 23.7 Å². The number of nitrogens with one attached hydrogen (secondary N) is 1. The van der Waals surface area contributed by atoms with Crippen molar-refractivity contribution in [2.45, 2.75) is 81.3 Å². The molecule has 3 heteroatoms. The quantitative estimate of drug-likeness (QED) is 0.634. The average molecular weight is 391 g/mol. The van der Waals surface area contributed by atoms with Gasteiger partial charge in [0.15, 0.2) is 0 Å². The lowest BCUT2D eigenvalue weighted by Gasteiger charge is -2.46. The first kappa shape index (κ1) is 19.3. The molecule has 154 valence electrons. The lowest BCUT2D eigenvalue weighted by molar-refractivity contribution is -0.104. The van der Waals surface area contributed by atoms with Crippen LogP contribution in [0.3, 0.4) is 0 Å². The van der Waals surface area contributed by atoms with Crippen LogP contribution in [0.1, 0.15) is 80.5 Å². The SMILES string of the molecule is c1ccc(C2(CCNCc3cccc(C4CC4)c3)CCOC3(CCCC3)C2)nc1. The van der Waals surface area contributed by atoms with E-state index in [0.29, 0.717) is 0 Å². The zero-order valence-corrected chi connectivity index (χ0v) is 17.5. The number of aromatic nitrogens is 1. The molecule has 0 bridgehead atoms. The second-order valence-electron chi connectivity index (χ2n) is 9.61. The van der Waals surface area contributed by atoms with Crippen molar-refractivity contribution in [1.29, 1.82) is 0 Å². The second-order valence-corrected chi connectivity index (χ2v) is 9.61. The van der Waals surface area contributed by atoms with E-state index in [1.807, 2.05) is 12.3 Å². The molecular formula is C26H34N2O. The summed E-state index contributed by atoms with van der Waals surface area (Å²) in [5, 5.41) is 3.74. The van der Waals surface area contributed by atoms with E-state index in [1.165, 1.54) is 55.3 Å². The lowest BCUT2D eigenvalue weighted by Crippen LogP contribution is -2.47. The number of hydrogen-bond donors (Lipinski definition) is 1. The van der Waals surface area contributed by atoms with Crippen molar-refractivity contribution in [2.24, 2.45) is 0 Å². The molecule has 2 aliphatic carbocycles. The third kappa shape index (κ3) is 4.27. The molecule has 1 unspecified atom stereocenters. The van der Waals surface area contributed by atoms with E-state index in [4.69, 9.17) is 9.72 Å². The Labute approximate surface area is 175 Å². The molecular weight excluding hydrogens is 356 g/mol. The molecule has 1 aromatic carbocycles. The van der Waals surface area contributed by atoms with Crippen LogP contribution in [0.15, 0.2) is 48.7 Å². The minimum atomic E-state index is 0.106. The first-order valence-corrected chi connectivity index (χ1v) is 11.6. The molecule has 0 radical (unpaired) electrons. The standard InChI is InChI=1S/C26H34N2O/c1-4-15-28-24(8-1)25(14-17-29-26(20-25)11-2-3-12-26)13-16-27-19-21-6-5-7-23(18-21)22-9-10-22/h1,4-8,15,18,22,27H,2-3,9-14,16-17,19-20H2. The van der Waals surface area contributed by atoms with Crippen molar-refractivity contribution in [2.75, 3.05) is 13.2 Å². The maximum atomic E-state index is 6.37. The summed E-state index contributed by atoms with van der Waals surface area (Å²) in [5.41, 5.74) is 4.47. The first-order chi connectivity index (χ1) is 14.3. The van der Waals surface area contributed by atoms with Crippen molar-refractivity contribution in [3.63, 3.8) is 0 Å². The zero-order valence-electron chi connectivity index (χ0n) is 17.5. The Bertz CT molecular complexity index is 810. The molecule has 2 heterocycles. The summed E-state index contributed by atoms with van der Waals surface area (Å²) in [6, 6.07) is 15.6. The molecule has 2 aromatic rings. The molecule has 1 N–H and O–H groups in total. The third-order valence-electron chi connectivity index (χ3n) is 7.48. The molecule has 0 amide bonds. The van der Waals surface area contributed by atoms with Gasteiger partial charge in [0.2, 0.25) is 0 Å². The average Bonchev–Trinajstić information content (AvgIpc) is 3.53. The van der Waals surface area contributed by atoms with Crippen LogP contribution < -0.4 is 5.32 Å². The fourth-order valence-electron chi connectivity index (χ4n) is 5.73. The minimum Gasteiger partial charge on any atom is -0.375 e. The summed E-state index contributed by atoms with van der Waals surface area (Å²) in [6.07, 6.45) is 13.1. The van der Waals surface area contributed by atoms with Gasteiger partial charge >= 0.3 is 0 Å². The van der Waals surface area contributed by atoms with E-state index in [0.717, 1.165) is 44.9 Å². The van der Waals surface area contributed by atoms with Crippen molar-refractivity contribution < 1.29 is 4.74 Å².